The lowest BCUT2D eigenvalue weighted by Crippen LogP contribution is -2.59. The van der Waals surface area contributed by atoms with Crippen LogP contribution in [0.15, 0.2) is 12.3 Å². The lowest BCUT2D eigenvalue weighted by atomic mass is 10.3. The number of ether oxygens (including phenoxy) is 4. The normalized spacial score (nSPS) is 25.6. The van der Waals surface area contributed by atoms with Gasteiger partial charge in [0.1, 0.15) is 6.61 Å². The molecule has 3 aliphatic rings. The highest BCUT2D eigenvalue weighted by atomic mass is 31.2. The van der Waals surface area contributed by atoms with E-state index < -0.39 is 46.0 Å². The van der Waals surface area contributed by atoms with E-state index in [0.29, 0.717) is 13.2 Å². The average Bonchev–Trinajstić information content (AvgIpc) is 3.04. The van der Waals surface area contributed by atoms with E-state index in [-0.39, 0.29) is 78.9 Å². The third-order valence-corrected chi connectivity index (χ3v) is 12.7. The number of nitrogens with one attached hydrogen (secondary N) is 1. The molecule has 0 aromatic heterocycles. The zero-order valence-corrected chi connectivity index (χ0v) is 29.8. The van der Waals surface area contributed by atoms with Crippen LogP contribution in [0.25, 0.3) is 0 Å². The van der Waals surface area contributed by atoms with Gasteiger partial charge in [0.2, 0.25) is 0 Å². The molecule has 0 bridgehead atoms. The molecule has 3 unspecified atom stereocenters. The van der Waals surface area contributed by atoms with Gasteiger partial charge >= 0.3 is 27.5 Å². The molecule has 21 heteroatoms. The van der Waals surface area contributed by atoms with Crippen molar-refractivity contribution >= 4 is 27.5 Å². The van der Waals surface area contributed by atoms with Crippen LogP contribution < -0.4 is 11.1 Å². The van der Waals surface area contributed by atoms with Crippen LogP contribution in [-0.4, -0.2) is 185 Å². The fourth-order valence-corrected chi connectivity index (χ4v) is 8.96. The summed E-state index contributed by atoms with van der Waals surface area (Å²) in [5.41, 5.74) is 5.82. The van der Waals surface area contributed by atoms with E-state index in [1.54, 1.807) is 50.5 Å². The lowest BCUT2D eigenvalue weighted by molar-refractivity contribution is -0.126. The minimum Gasteiger partial charge on any atom is -0.447 e. The van der Waals surface area contributed by atoms with Crippen LogP contribution in [0.3, 0.4) is 0 Å². The van der Waals surface area contributed by atoms with Gasteiger partial charge in [0.15, 0.2) is 6.23 Å². The minimum absolute atomic E-state index is 0.0559. The monoisotopic (exact) mass is 714 g/mol. The second-order valence-corrected chi connectivity index (χ2v) is 16.4. The highest BCUT2D eigenvalue weighted by Crippen LogP contribution is 2.55. The summed E-state index contributed by atoms with van der Waals surface area (Å²) < 4.78 is 68.5. The predicted molar refractivity (Wildman–Crippen MR) is 171 cm³/mol. The van der Waals surface area contributed by atoms with Crippen LogP contribution in [-0.2, 0) is 37.1 Å². The quantitative estimate of drug-likeness (QED) is 0.127. The van der Waals surface area contributed by atoms with Crippen molar-refractivity contribution in [1.29, 1.82) is 0 Å². The molecule has 0 aliphatic carbocycles. The fraction of sp³-hybridized carbons (Fsp3) is 0.846. The van der Waals surface area contributed by atoms with Crippen LogP contribution in [0, 0.1) is 0 Å². The molecule has 3 amide bonds. The van der Waals surface area contributed by atoms with E-state index in [4.69, 9.17) is 38.8 Å². The van der Waals surface area contributed by atoms with Crippen LogP contribution in [0.4, 0.5) is 9.59 Å². The number of nitrogens with zero attached hydrogens (tertiary/aromatic N) is 6. The maximum atomic E-state index is 14.3. The van der Waals surface area contributed by atoms with Crippen LogP contribution >= 0.6 is 15.3 Å². The van der Waals surface area contributed by atoms with Gasteiger partial charge in [-0.2, -0.15) is 0 Å². The van der Waals surface area contributed by atoms with Crippen molar-refractivity contribution in [2.24, 2.45) is 5.73 Å². The Morgan fingerprint density at radius 3 is 2.19 bits per heavy atom. The number of urea groups is 1. The summed E-state index contributed by atoms with van der Waals surface area (Å²) in [7, 11) is -0.494. The number of carbonyl (C=O) groups excluding carboxylic acids is 2. The first kappa shape index (κ1) is 39.7. The second-order valence-electron chi connectivity index (χ2n) is 11.2. The summed E-state index contributed by atoms with van der Waals surface area (Å²) >= 11 is 0. The summed E-state index contributed by atoms with van der Waals surface area (Å²) in [4.78, 5) is 28.2. The summed E-state index contributed by atoms with van der Waals surface area (Å²) in [5, 5.41) is 11.3. The van der Waals surface area contributed by atoms with Gasteiger partial charge in [-0.05, 0) is 41.2 Å². The summed E-state index contributed by atoms with van der Waals surface area (Å²) in [5.74, 6) is 0. The topological polar surface area (TPSA) is 201 Å². The third kappa shape index (κ3) is 10.9. The van der Waals surface area contributed by atoms with Gasteiger partial charge in [-0.15, -0.1) is 0 Å². The number of hydrogen-bond donors (Lipinski definition) is 3. The van der Waals surface area contributed by atoms with Crippen molar-refractivity contribution in [1.82, 2.24) is 33.8 Å². The number of carbonyl (C=O) groups is 2. The maximum Gasteiger partial charge on any atom is 0.409 e. The van der Waals surface area contributed by atoms with E-state index in [2.05, 4.69) is 5.32 Å². The predicted octanol–water partition coefficient (Wildman–Crippen LogP) is 0.00920. The van der Waals surface area contributed by atoms with E-state index in [0.717, 1.165) is 0 Å². The van der Waals surface area contributed by atoms with Gasteiger partial charge in [-0.1, -0.05) is 0 Å². The van der Waals surface area contributed by atoms with Gasteiger partial charge in [0, 0.05) is 38.9 Å². The minimum atomic E-state index is -3.59. The Morgan fingerprint density at radius 1 is 0.979 bits per heavy atom. The van der Waals surface area contributed by atoms with Crippen molar-refractivity contribution in [3.05, 3.63) is 12.3 Å². The standard InChI is InChI=1S/C26H52N8O11P2/c1-6-43-47(39,30(4)5)33-19-22(45-24(20-33)34-8-7-23(27)28-25(34)36)21-44-46(38,29(2)3)32-11-9-31(10-12-32)26(37)42-18-17-41-16-15-40-14-13-35/h7-8,22-24,35H,6,9-21,27H2,1-5H3,(H,28,36)/t22-,23?,24+,46?,47?/m0/s1. The lowest BCUT2D eigenvalue weighted by Gasteiger charge is -2.46. The Hall–Kier alpha value is -1.70. The number of nitrogens with two attached hydrogens (primary N) is 1. The van der Waals surface area contributed by atoms with Gasteiger partial charge < -0.3 is 49.1 Å². The van der Waals surface area contributed by atoms with Gasteiger partial charge in [0.05, 0.1) is 65.1 Å². The first-order valence-corrected chi connectivity index (χ1v) is 18.6. The zero-order valence-electron chi connectivity index (χ0n) is 28.0. The SMILES string of the molecule is CCOP(=O)(N(C)C)N1C[C@@H](COP(=O)(N(C)C)N2CCN(C(=O)OCCOCCOCCO)CC2)O[C@@H](N2C=CC(N)NC2=O)C1. The van der Waals surface area contributed by atoms with Crippen molar-refractivity contribution in [2.75, 3.05) is 120 Å². The number of hydrogen-bond acceptors (Lipinski definition) is 12. The van der Waals surface area contributed by atoms with Crippen LogP contribution in [0.2, 0.25) is 0 Å². The number of rotatable bonds is 18. The molecule has 3 rings (SSSR count). The molecule has 2 fully saturated rings. The summed E-state index contributed by atoms with van der Waals surface area (Å²) in [6, 6.07) is -0.477. The molecular weight excluding hydrogens is 662 g/mol. The molecule has 47 heavy (non-hydrogen) atoms. The Kier molecular flexibility index (Phi) is 16.0. The van der Waals surface area contributed by atoms with Gasteiger partial charge in [0.25, 0.3) is 0 Å². The Morgan fingerprint density at radius 2 is 1.60 bits per heavy atom. The molecule has 2 saturated heterocycles. The molecule has 5 atom stereocenters. The van der Waals surface area contributed by atoms with E-state index in [1.165, 1.54) is 25.3 Å². The second kappa shape index (κ2) is 18.9. The number of piperazine rings is 1. The van der Waals surface area contributed by atoms with Crippen molar-refractivity contribution in [3.63, 3.8) is 0 Å². The largest absolute Gasteiger partial charge is 0.447 e. The first-order chi connectivity index (χ1) is 22.3. The van der Waals surface area contributed by atoms with Crippen LogP contribution in [0.1, 0.15) is 6.92 Å². The number of morpholine rings is 1. The summed E-state index contributed by atoms with van der Waals surface area (Å²) in [6.45, 7) is 4.19. The molecule has 272 valence electrons. The first-order valence-electron chi connectivity index (χ1n) is 15.6. The molecule has 0 radical (unpaired) electrons. The van der Waals surface area contributed by atoms with Crippen molar-refractivity contribution < 1.29 is 51.8 Å². The van der Waals surface area contributed by atoms with Gasteiger partial charge in [-0.3, -0.25) is 14.0 Å². The Bertz CT molecular complexity index is 1130. The molecule has 0 aromatic carbocycles. The fourth-order valence-electron chi connectivity index (χ4n) is 5.04. The maximum absolute atomic E-state index is 14.3. The molecular formula is C26H52N8O11P2. The Balaban J connectivity index is 1.61. The number of aliphatic hydroxyl groups excluding tert-OH is 1. The molecule has 3 aliphatic heterocycles. The molecule has 19 nitrogen and oxygen atoms in total. The van der Waals surface area contributed by atoms with Crippen LogP contribution in [0.5, 0.6) is 0 Å². The van der Waals surface area contributed by atoms with Crippen molar-refractivity contribution in [3.8, 4) is 0 Å². The smallest absolute Gasteiger partial charge is 0.409 e. The molecule has 0 saturated carbocycles. The Labute approximate surface area is 276 Å². The highest BCUT2D eigenvalue weighted by Gasteiger charge is 2.45. The van der Waals surface area contributed by atoms with E-state index >= 15 is 0 Å². The molecule has 0 aromatic rings. The number of aliphatic hydroxyl groups is 1. The highest BCUT2D eigenvalue weighted by molar-refractivity contribution is 7.54. The van der Waals surface area contributed by atoms with Crippen molar-refractivity contribution in [2.45, 2.75) is 25.4 Å². The zero-order chi connectivity index (χ0) is 34.6. The average molecular weight is 715 g/mol. The number of amides is 3. The summed E-state index contributed by atoms with van der Waals surface area (Å²) in [6.07, 6.45) is 0.369. The van der Waals surface area contributed by atoms with E-state index in [9.17, 15) is 18.7 Å². The molecule has 0 spiro atoms. The molecule has 4 N–H and O–H groups in total. The van der Waals surface area contributed by atoms with E-state index in [1.807, 2.05) is 0 Å². The van der Waals surface area contributed by atoms with Gasteiger partial charge in [-0.25, -0.2) is 28.3 Å². The third-order valence-electron chi connectivity index (χ3n) is 7.45. The molecule has 3 heterocycles.